The molecule has 1 aromatic heterocycles. The number of H-pyrrole nitrogens is 1. The van der Waals surface area contributed by atoms with E-state index in [1.165, 1.54) is 0 Å². The van der Waals surface area contributed by atoms with Crippen molar-refractivity contribution in [2.45, 2.75) is 6.42 Å². The Bertz CT molecular complexity index is 854. The minimum Gasteiger partial charge on any atom is -0.493 e. The maximum atomic E-state index is 9.02. The third kappa shape index (κ3) is 3.50. The number of nitriles is 1. The Balaban J connectivity index is 1.69. The fraction of sp³-hybridized carbons (Fsp3) is 0.118. The Kier molecular flexibility index (Phi) is 4.55. The van der Waals surface area contributed by atoms with Crippen LogP contribution in [0.1, 0.15) is 11.3 Å². The van der Waals surface area contributed by atoms with Crippen LogP contribution in [0.2, 0.25) is 5.02 Å². The molecule has 23 heavy (non-hydrogen) atoms. The van der Waals surface area contributed by atoms with E-state index in [4.69, 9.17) is 21.6 Å². The zero-order valence-electron chi connectivity index (χ0n) is 12.2. The Morgan fingerprint density at radius 3 is 2.83 bits per heavy atom. The Morgan fingerprint density at radius 2 is 2.00 bits per heavy atom. The lowest BCUT2D eigenvalue weighted by Gasteiger charge is -2.08. The molecule has 5 nitrogen and oxygen atoms in total. The molecule has 0 unspecified atom stereocenters. The first-order valence-electron chi connectivity index (χ1n) is 7.05. The van der Waals surface area contributed by atoms with E-state index in [1.54, 1.807) is 0 Å². The molecule has 1 heterocycles. The number of aromatic amines is 1. The van der Waals surface area contributed by atoms with Crippen LogP contribution in [0.15, 0.2) is 48.5 Å². The maximum absolute atomic E-state index is 9.02. The van der Waals surface area contributed by atoms with Crippen molar-refractivity contribution in [3.8, 4) is 23.1 Å². The molecule has 6 heteroatoms. The van der Waals surface area contributed by atoms with Gasteiger partial charge in [-0.05, 0) is 23.8 Å². The van der Waals surface area contributed by atoms with E-state index in [2.05, 4.69) is 15.4 Å². The molecule has 0 fully saturated rings. The van der Waals surface area contributed by atoms with Crippen molar-refractivity contribution < 1.29 is 4.74 Å². The summed E-state index contributed by atoms with van der Waals surface area (Å²) in [6.07, 6.45) is 0.720. The van der Waals surface area contributed by atoms with Gasteiger partial charge in [0, 0.05) is 17.0 Å². The van der Waals surface area contributed by atoms with E-state index in [1.807, 2.05) is 54.6 Å². The van der Waals surface area contributed by atoms with Crippen LogP contribution in [-0.4, -0.2) is 22.0 Å². The van der Waals surface area contributed by atoms with Gasteiger partial charge in [-0.1, -0.05) is 41.9 Å². The first-order valence-corrected chi connectivity index (χ1v) is 7.43. The largest absolute Gasteiger partial charge is 0.493 e. The van der Waals surface area contributed by atoms with Gasteiger partial charge in [-0.15, -0.1) is 5.10 Å². The predicted molar refractivity (Wildman–Crippen MR) is 87.2 cm³/mol. The van der Waals surface area contributed by atoms with Gasteiger partial charge in [-0.3, -0.25) is 0 Å². The normalized spacial score (nSPS) is 10.3. The molecule has 0 atom stereocenters. The van der Waals surface area contributed by atoms with Gasteiger partial charge in [0.05, 0.1) is 6.61 Å². The van der Waals surface area contributed by atoms with Gasteiger partial charge < -0.3 is 4.74 Å². The minimum absolute atomic E-state index is 0.262. The van der Waals surface area contributed by atoms with Crippen LogP contribution in [0.25, 0.3) is 11.3 Å². The number of halogens is 1. The van der Waals surface area contributed by atoms with E-state index in [0.717, 1.165) is 22.6 Å². The number of nitrogens with zero attached hydrogens (tertiary/aromatic N) is 3. The molecule has 3 aromatic rings. The van der Waals surface area contributed by atoms with E-state index in [-0.39, 0.29) is 5.69 Å². The molecule has 0 saturated carbocycles. The van der Waals surface area contributed by atoms with Crippen molar-refractivity contribution in [2.75, 3.05) is 6.61 Å². The van der Waals surface area contributed by atoms with Crippen LogP contribution in [0.4, 0.5) is 0 Å². The average molecular weight is 325 g/mol. The van der Waals surface area contributed by atoms with E-state index in [0.29, 0.717) is 18.1 Å². The van der Waals surface area contributed by atoms with Crippen LogP contribution in [0, 0.1) is 11.3 Å². The predicted octanol–water partition coefficient (Wildman–Crippen LogP) is 3.62. The van der Waals surface area contributed by atoms with Crippen molar-refractivity contribution in [1.29, 1.82) is 5.26 Å². The molecule has 3 rings (SSSR count). The summed E-state index contributed by atoms with van der Waals surface area (Å²) in [6, 6.07) is 17.1. The van der Waals surface area contributed by atoms with Gasteiger partial charge in [0.1, 0.15) is 17.5 Å². The number of hydrogen-bond acceptors (Lipinski definition) is 4. The standard InChI is InChI=1S/C17H13ClN4O/c18-15-7-2-1-4-12(15)8-9-23-14-6-3-5-13(10-14)17-16(11-19)20-22-21-17/h1-7,10H,8-9H2,(H,20,21,22). The molecule has 0 amide bonds. The lowest BCUT2D eigenvalue weighted by molar-refractivity contribution is 0.322. The van der Waals surface area contributed by atoms with Gasteiger partial charge >= 0.3 is 0 Å². The maximum Gasteiger partial charge on any atom is 0.190 e. The third-order valence-electron chi connectivity index (χ3n) is 3.36. The fourth-order valence-electron chi connectivity index (χ4n) is 2.22. The Morgan fingerprint density at radius 1 is 1.13 bits per heavy atom. The Hall–Kier alpha value is -2.84. The highest BCUT2D eigenvalue weighted by molar-refractivity contribution is 6.31. The molecule has 114 valence electrons. The highest BCUT2D eigenvalue weighted by Gasteiger charge is 2.10. The van der Waals surface area contributed by atoms with Crippen LogP contribution in [0.3, 0.4) is 0 Å². The molecule has 0 saturated heterocycles. The lowest BCUT2D eigenvalue weighted by atomic mass is 10.1. The number of aromatic nitrogens is 3. The van der Waals surface area contributed by atoms with Crippen LogP contribution in [-0.2, 0) is 6.42 Å². The molecule has 0 aliphatic rings. The van der Waals surface area contributed by atoms with Crippen molar-refractivity contribution >= 4 is 11.6 Å². The zero-order chi connectivity index (χ0) is 16.1. The van der Waals surface area contributed by atoms with Gasteiger partial charge in [0.2, 0.25) is 0 Å². The number of rotatable bonds is 5. The van der Waals surface area contributed by atoms with Gasteiger partial charge in [0.15, 0.2) is 5.69 Å². The number of hydrogen-bond donors (Lipinski definition) is 1. The second kappa shape index (κ2) is 6.95. The van der Waals surface area contributed by atoms with Crippen molar-refractivity contribution in [3.05, 3.63) is 64.8 Å². The van der Waals surface area contributed by atoms with Crippen LogP contribution < -0.4 is 4.74 Å². The SMILES string of the molecule is N#Cc1n[nH]nc1-c1cccc(OCCc2ccccc2Cl)c1. The number of benzene rings is 2. The molecular formula is C17H13ClN4O. The Labute approximate surface area is 138 Å². The summed E-state index contributed by atoms with van der Waals surface area (Å²) in [5.74, 6) is 0.710. The summed E-state index contributed by atoms with van der Waals surface area (Å²) in [7, 11) is 0. The first kappa shape index (κ1) is 15.1. The molecule has 2 aromatic carbocycles. The second-order valence-corrected chi connectivity index (χ2v) is 5.26. The molecule has 0 aliphatic carbocycles. The van der Waals surface area contributed by atoms with E-state index >= 15 is 0 Å². The molecule has 0 spiro atoms. The highest BCUT2D eigenvalue weighted by atomic mass is 35.5. The van der Waals surface area contributed by atoms with Gasteiger partial charge in [-0.2, -0.15) is 15.6 Å². The summed E-state index contributed by atoms with van der Waals surface area (Å²) >= 11 is 6.13. The summed E-state index contributed by atoms with van der Waals surface area (Å²) in [4.78, 5) is 0. The van der Waals surface area contributed by atoms with E-state index < -0.39 is 0 Å². The topological polar surface area (TPSA) is 74.6 Å². The molecular weight excluding hydrogens is 312 g/mol. The van der Waals surface area contributed by atoms with Gasteiger partial charge in [-0.25, -0.2) is 0 Å². The lowest BCUT2D eigenvalue weighted by Crippen LogP contribution is -2.01. The van der Waals surface area contributed by atoms with Crippen LogP contribution in [0.5, 0.6) is 5.75 Å². The second-order valence-electron chi connectivity index (χ2n) is 4.85. The smallest absolute Gasteiger partial charge is 0.190 e. The van der Waals surface area contributed by atoms with Crippen molar-refractivity contribution in [1.82, 2.24) is 15.4 Å². The zero-order valence-corrected chi connectivity index (χ0v) is 12.9. The summed E-state index contributed by atoms with van der Waals surface area (Å²) in [5, 5.41) is 20.0. The quantitative estimate of drug-likeness (QED) is 0.777. The minimum atomic E-state index is 0.262. The van der Waals surface area contributed by atoms with E-state index in [9.17, 15) is 0 Å². The van der Waals surface area contributed by atoms with Crippen LogP contribution >= 0.6 is 11.6 Å². The van der Waals surface area contributed by atoms with Crippen molar-refractivity contribution in [3.63, 3.8) is 0 Å². The molecule has 0 bridgehead atoms. The number of ether oxygens (including phenoxy) is 1. The summed E-state index contributed by atoms with van der Waals surface area (Å²) in [5.41, 5.74) is 2.61. The van der Waals surface area contributed by atoms with Gasteiger partial charge in [0.25, 0.3) is 0 Å². The third-order valence-corrected chi connectivity index (χ3v) is 3.73. The average Bonchev–Trinajstić information content (AvgIpc) is 3.06. The summed E-state index contributed by atoms with van der Waals surface area (Å²) < 4.78 is 5.78. The fourth-order valence-corrected chi connectivity index (χ4v) is 2.45. The number of nitrogens with one attached hydrogen (secondary N) is 1. The summed E-state index contributed by atoms with van der Waals surface area (Å²) in [6.45, 7) is 0.511. The molecule has 0 aliphatic heterocycles. The monoisotopic (exact) mass is 324 g/mol. The molecule has 1 N–H and O–H groups in total. The first-order chi connectivity index (χ1) is 11.3. The highest BCUT2D eigenvalue weighted by Crippen LogP contribution is 2.24. The molecule has 0 radical (unpaired) electrons. The van der Waals surface area contributed by atoms with Crippen molar-refractivity contribution in [2.24, 2.45) is 0 Å².